The molecule has 0 aliphatic heterocycles. The Kier molecular flexibility index (Phi) is 5.79. The van der Waals surface area contributed by atoms with Crippen LogP contribution in [-0.4, -0.2) is 30.5 Å². The molecular weight excluding hydrogens is 262 g/mol. The molecule has 0 aliphatic carbocycles. The van der Waals surface area contributed by atoms with E-state index in [9.17, 15) is 9.90 Å². The normalized spacial score (nSPS) is 12.7. The van der Waals surface area contributed by atoms with Gasteiger partial charge in [0, 0.05) is 0 Å². The van der Waals surface area contributed by atoms with Gasteiger partial charge in [-0.05, 0) is 38.5 Å². The number of carbonyl (C=O) groups is 1. The lowest BCUT2D eigenvalue weighted by Crippen LogP contribution is -2.34. The van der Waals surface area contributed by atoms with Crippen molar-refractivity contribution >= 4 is 6.09 Å². The molecule has 0 spiro atoms. The van der Waals surface area contributed by atoms with E-state index in [4.69, 9.17) is 14.3 Å². The molecule has 1 atom stereocenters. The second kappa shape index (κ2) is 7.12. The van der Waals surface area contributed by atoms with Crippen LogP contribution in [0.3, 0.4) is 0 Å². The minimum absolute atomic E-state index is 0.276. The maximum Gasteiger partial charge on any atom is 0.431 e. The Morgan fingerprint density at radius 3 is 2.35 bits per heavy atom. The summed E-state index contributed by atoms with van der Waals surface area (Å²) in [5.74, 6) is 0.700. The van der Waals surface area contributed by atoms with E-state index >= 15 is 0 Å². The Balaban J connectivity index is 2.56. The highest BCUT2D eigenvalue weighted by Gasteiger charge is 2.18. The molecule has 0 aliphatic rings. The smallest absolute Gasteiger partial charge is 0.431 e. The van der Waals surface area contributed by atoms with Gasteiger partial charge in [0.15, 0.2) is 0 Å². The van der Waals surface area contributed by atoms with Crippen molar-refractivity contribution in [2.45, 2.75) is 32.5 Å². The van der Waals surface area contributed by atoms with Crippen LogP contribution in [0.4, 0.5) is 4.79 Å². The third kappa shape index (κ3) is 5.46. The van der Waals surface area contributed by atoms with Gasteiger partial charge in [-0.25, -0.2) is 4.79 Å². The van der Waals surface area contributed by atoms with E-state index in [0.717, 1.165) is 0 Å². The summed E-state index contributed by atoms with van der Waals surface area (Å²) >= 11 is 0. The Morgan fingerprint density at radius 2 is 1.90 bits per heavy atom. The molecule has 0 saturated heterocycles. The third-order valence-electron chi connectivity index (χ3n) is 2.34. The maximum absolute atomic E-state index is 11.5. The lowest BCUT2D eigenvalue weighted by molar-refractivity contribution is -0.0610. The first-order valence-electron chi connectivity index (χ1n) is 6.25. The predicted octanol–water partition coefficient (Wildman–Crippen LogP) is 2.18. The minimum Gasteiger partial charge on any atom is -0.497 e. The fourth-order valence-corrected chi connectivity index (χ4v) is 1.45. The number of ether oxygens (including phenoxy) is 2. The molecule has 6 heteroatoms. The standard InChI is InChI=1S/C14H21NO5/c1-14(2,3)19-13(17)15-20-12(9-16)10-5-7-11(18-4)8-6-10/h5-8,12,16H,9H2,1-4H3,(H,15,17). The minimum atomic E-state index is -0.704. The highest BCUT2D eigenvalue weighted by Crippen LogP contribution is 2.19. The van der Waals surface area contributed by atoms with Gasteiger partial charge in [-0.3, -0.25) is 4.84 Å². The number of rotatable bonds is 5. The molecule has 1 unspecified atom stereocenters. The highest BCUT2D eigenvalue weighted by atomic mass is 16.7. The average Bonchev–Trinajstić information content (AvgIpc) is 2.38. The first kappa shape index (κ1) is 16.3. The highest BCUT2D eigenvalue weighted by molar-refractivity contribution is 5.66. The number of aliphatic hydroxyl groups excluding tert-OH is 1. The molecule has 1 aromatic carbocycles. The van der Waals surface area contributed by atoms with Gasteiger partial charge >= 0.3 is 6.09 Å². The van der Waals surface area contributed by atoms with Crippen LogP contribution >= 0.6 is 0 Å². The summed E-state index contributed by atoms with van der Waals surface area (Å²) in [7, 11) is 1.57. The monoisotopic (exact) mass is 283 g/mol. The zero-order valence-corrected chi connectivity index (χ0v) is 12.2. The van der Waals surface area contributed by atoms with Crippen LogP contribution < -0.4 is 10.2 Å². The number of methoxy groups -OCH3 is 1. The van der Waals surface area contributed by atoms with E-state index in [1.807, 2.05) is 0 Å². The van der Waals surface area contributed by atoms with Gasteiger partial charge in [-0.1, -0.05) is 12.1 Å². The molecule has 0 bridgehead atoms. The molecule has 112 valence electrons. The van der Waals surface area contributed by atoms with Crippen LogP contribution in [0.2, 0.25) is 0 Å². The molecule has 0 fully saturated rings. The molecule has 0 radical (unpaired) electrons. The van der Waals surface area contributed by atoms with Crippen LogP contribution in [0.5, 0.6) is 5.75 Å². The van der Waals surface area contributed by atoms with Gasteiger partial charge in [0.1, 0.15) is 17.5 Å². The van der Waals surface area contributed by atoms with E-state index in [1.54, 1.807) is 52.1 Å². The van der Waals surface area contributed by atoms with Crippen molar-refractivity contribution in [2.75, 3.05) is 13.7 Å². The SMILES string of the molecule is COc1ccc(C(CO)ONC(=O)OC(C)(C)C)cc1. The number of nitrogens with one attached hydrogen (secondary N) is 1. The van der Waals surface area contributed by atoms with Gasteiger partial charge in [-0.2, -0.15) is 5.48 Å². The number of carbonyl (C=O) groups excluding carboxylic acids is 1. The number of benzene rings is 1. The fourth-order valence-electron chi connectivity index (χ4n) is 1.45. The van der Waals surface area contributed by atoms with Crippen molar-refractivity contribution < 1.29 is 24.2 Å². The van der Waals surface area contributed by atoms with Crippen LogP contribution in [0.25, 0.3) is 0 Å². The second-order valence-electron chi connectivity index (χ2n) is 5.17. The van der Waals surface area contributed by atoms with Gasteiger partial charge in [0.25, 0.3) is 0 Å². The zero-order valence-electron chi connectivity index (χ0n) is 12.2. The number of hydrogen-bond acceptors (Lipinski definition) is 5. The van der Waals surface area contributed by atoms with Crippen molar-refractivity contribution in [1.82, 2.24) is 5.48 Å². The molecule has 2 N–H and O–H groups in total. The predicted molar refractivity (Wildman–Crippen MR) is 73.3 cm³/mol. The molecule has 20 heavy (non-hydrogen) atoms. The topological polar surface area (TPSA) is 77.0 Å². The Hall–Kier alpha value is -1.79. The zero-order chi connectivity index (χ0) is 15.2. The summed E-state index contributed by atoms with van der Waals surface area (Å²) in [5, 5.41) is 9.30. The molecule has 6 nitrogen and oxygen atoms in total. The lowest BCUT2D eigenvalue weighted by atomic mass is 10.1. The average molecular weight is 283 g/mol. The van der Waals surface area contributed by atoms with Crippen LogP contribution in [0.1, 0.15) is 32.4 Å². The van der Waals surface area contributed by atoms with E-state index in [-0.39, 0.29) is 6.61 Å². The van der Waals surface area contributed by atoms with Crippen LogP contribution in [0.15, 0.2) is 24.3 Å². The Bertz CT molecular complexity index is 424. The van der Waals surface area contributed by atoms with Gasteiger partial charge in [0.2, 0.25) is 0 Å². The van der Waals surface area contributed by atoms with Crippen molar-refractivity contribution in [1.29, 1.82) is 0 Å². The first-order chi connectivity index (χ1) is 9.35. The van der Waals surface area contributed by atoms with Crippen LogP contribution in [-0.2, 0) is 9.57 Å². The first-order valence-corrected chi connectivity index (χ1v) is 6.25. The van der Waals surface area contributed by atoms with E-state index in [1.165, 1.54) is 0 Å². The largest absolute Gasteiger partial charge is 0.497 e. The molecule has 1 amide bonds. The van der Waals surface area contributed by atoms with Gasteiger partial charge in [0.05, 0.1) is 13.7 Å². The van der Waals surface area contributed by atoms with Gasteiger partial charge in [-0.15, -0.1) is 0 Å². The molecular formula is C14H21NO5. The molecule has 1 aromatic rings. The van der Waals surface area contributed by atoms with E-state index in [0.29, 0.717) is 11.3 Å². The quantitative estimate of drug-likeness (QED) is 0.810. The Labute approximate surface area is 118 Å². The molecule has 0 aromatic heterocycles. The van der Waals surface area contributed by atoms with E-state index in [2.05, 4.69) is 5.48 Å². The molecule has 0 saturated carbocycles. The summed E-state index contributed by atoms with van der Waals surface area (Å²) < 4.78 is 10.1. The molecule has 1 rings (SSSR count). The van der Waals surface area contributed by atoms with Crippen molar-refractivity contribution in [3.05, 3.63) is 29.8 Å². The summed E-state index contributed by atoms with van der Waals surface area (Å²) in [6.45, 7) is 4.97. The summed E-state index contributed by atoms with van der Waals surface area (Å²) in [5.41, 5.74) is 2.27. The fraction of sp³-hybridized carbons (Fsp3) is 0.500. The summed E-state index contributed by atoms with van der Waals surface area (Å²) in [4.78, 5) is 16.6. The maximum atomic E-state index is 11.5. The number of hydrogen-bond donors (Lipinski definition) is 2. The van der Waals surface area contributed by atoms with Crippen molar-refractivity contribution in [3.8, 4) is 5.75 Å². The number of aliphatic hydroxyl groups is 1. The van der Waals surface area contributed by atoms with Crippen molar-refractivity contribution in [3.63, 3.8) is 0 Å². The number of hydroxylamine groups is 1. The lowest BCUT2D eigenvalue weighted by Gasteiger charge is -2.21. The molecule has 0 heterocycles. The Morgan fingerprint density at radius 1 is 1.30 bits per heavy atom. The third-order valence-corrected chi connectivity index (χ3v) is 2.34. The summed E-state index contributed by atoms with van der Waals surface area (Å²) in [6, 6.07) is 6.98. The van der Waals surface area contributed by atoms with Gasteiger partial charge < -0.3 is 14.6 Å². The second-order valence-corrected chi connectivity index (χ2v) is 5.17. The van der Waals surface area contributed by atoms with E-state index < -0.39 is 17.8 Å². The van der Waals surface area contributed by atoms with Crippen molar-refractivity contribution in [2.24, 2.45) is 0 Å². The number of amides is 1. The summed E-state index contributed by atoms with van der Waals surface area (Å²) in [6.07, 6.45) is -1.38. The van der Waals surface area contributed by atoms with Crippen LogP contribution in [0, 0.1) is 0 Å².